The monoisotopic (exact) mass is 259 g/mol. The molecule has 0 radical (unpaired) electrons. The van der Waals surface area contributed by atoms with Gasteiger partial charge < -0.3 is 5.11 Å². The summed E-state index contributed by atoms with van der Waals surface area (Å²) in [6.07, 6.45) is 3.99. The summed E-state index contributed by atoms with van der Waals surface area (Å²) in [5.41, 5.74) is 6.90. The number of nitrogens with zero attached hydrogens (tertiary/aromatic N) is 1. The maximum absolute atomic E-state index is 11.6. The van der Waals surface area contributed by atoms with E-state index in [1.54, 1.807) is 0 Å². The summed E-state index contributed by atoms with van der Waals surface area (Å²) in [5.74, 6) is -0.723. The van der Waals surface area contributed by atoms with Crippen LogP contribution in [0.2, 0.25) is 0 Å². The fourth-order valence-electron chi connectivity index (χ4n) is 4.45. The van der Waals surface area contributed by atoms with E-state index in [-0.39, 0.29) is 0 Å². The molecule has 3 atom stereocenters. The molecule has 1 aromatic carbocycles. The first-order valence-electron chi connectivity index (χ1n) is 7.07. The van der Waals surface area contributed by atoms with Gasteiger partial charge in [0, 0.05) is 30.4 Å². The van der Waals surface area contributed by atoms with Gasteiger partial charge in [-0.15, -0.1) is 5.43 Å². The van der Waals surface area contributed by atoms with Crippen LogP contribution in [-0.4, -0.2) is 29.2 Å². The van der Waals surface area contributed by atoms with Gasteiger partial charge in [-0.2, -0.15) is 0 Å². The smallest absolute Gasteiger partial charge is 0.329 e. The van der Waals surface area contributed by atoms with Gasteiger partial charge in [0.25, 0.3) is 0 Å². The number of benzene rings is 1. The Kier molecular flexibility index (Phi) is 2.03. The van der Waals surface area contributed by atoms with Crippen molar-refractivity contribution < 1.29 is 9.90 Å². The molecule has 1 spiro atoms. The van der Waals surface area contributed by atoms with Crippen LogP contribution >= 0.6 is 0 Å². The molecule has 0 amide bonds. The van der Waals surface area contributed by atoms with Gasteiger partial charge in [-0.05, 0) is 13.3 Å². The molecule has 1 saturated heterocycles. The average molecular weight is 259 g/mol. The Balaban J connectivity index is 1.88. The minimum atomic E-state index is -0.785. The summed E-state index contributed by atoms with van der Waals surface area (Å²) in [6.45, 7) is 2.86. The van der Waals surface area contributed by atoms with Crippen LogP contribution in [0.4, 0.5) is 5.69 Å². The van der Waals surface area contributed by atoms with Crippen molar-refractivity contribution in [2.45, 2.75) is 44.2 Å². The number of nitrogens with one attached hydrogen (secondary N) is 1. The molecule has 3 heterocycles. The van der Waals surface area contributed by atoms with E-state index < -0.39 is 11.5 Å². The second kappa shape index (κ2) is 3.38. The number of hydrogen-bond donors (Lipinski definition) is 2. The number of carbonyl (C=O) groups is 1. The molecular formula is C15H19N2O2+. The summed E-state index contributed by atoms with van der Waals surface area (Å²) in [7, 11) is 0. The maximum Gasteiger partial charge on any atom is 0.329 e. The van der Waals surface area contributed by atoms with Gasteiger partial charge in [-0.1, -0.05) is 18.2 Å². The molecule has 1 fully saturated rings. The normalized spacial score (nSPS) is 38.9. The fraction of sp³-hybridized carbons (Fsp3) is 0.533. The Labute approximate surface area is 112 Å². The van der Waals surface area contributed by atoms with Gasteiger partial charge >= 0.3 is 5.97 Å². The Morgan fingerprint density at radius 2 is 2.26 bits per heavy atom. The van der Waals surface area contributed by atoms with Gasteiger partial charge in [-0.25, -0.2) is 4.59 Å². The molecule has 3 aliphatic heterocycles. The van der Waals surface area contributed by atoms with Crippen LogP contribution in [0.5, 0.6) is 0 Å². The summed E-state index contributed by atoms with van der Waals surface area (Å²) < 4.78 is 0.717. The number of hydrogen-bond acceptors (Lipinski definition) is 2. The standard InChI is InChI=1S/C15H18N2O2/c1-15(14(18)19)9-12-8-11-5-2-4-10-6-3-7-17(12,16-15)13(10)11/h2,4-5,12,16H,3,6-9H2,1H3/p+1. The van der Waals surface area contributed by atoms with E-state index in [1.807, 2.05) is 6.92 Å². The average Bonchev–Trinajstić information content (AvgIpc) is 2.79. The van der Waals surface area contributed by atoms with Crippen molar-refractivity contribution in [3.05, 3.63) is 29.3 Å². The Bertz CT molecular complexity index is 586. The van der Waals surface area contributed by atoms with Crippen LogP contribution < -0.4 is 10.0 Å². The van der Waals surface area contributed by atoms with Gasteiger partial charge in [-0.3, -0.25) is 4.79 Å². The SMILES string of the molecule is CC1(C(=O)O)CC2Cc3cccc4c3[N+]2(CCC4)N1. The van der Waals surface area contributed by atoms with Gasteiger partial charge in [0.15, 0.2) is 11.2 Å². The summed E-state index contributed by atoms with van der Waals surface area (Å²) >= 11 is 0. The molecule has 2 N–H and O–H groups in total. The zero-order chi connectivity index (χ0) is 13.3. The van der Waals surface area contributed by atoms with E-state index in [2.05, 4.69) is 23.6 Å². The van der Waals surface area contributed by atoms with E-state index >= 15 is 0 Å². The van der Waals surface area contributed by atoms with Crippen LogP contribution in [0.3, 0.4) is 0 Å². The minimum absolute atomic E-state index is 0.387. The lowest BCUT2D eigenvalue weighted by Gasteiger charge is -2.39. The van der Waals surface area contributed by atoms with E-state index in [4.69, 9.17) is 0 Å². The number of rotatable bonds is 1. The molecule has 0 aromatic heterocycles. The van der Waals surface area contributed by atoms with Crippen molar-refractivity contribution in [1.82, 2.24) is 10.0 Å². The number of aryl methyl sites for hydroxylation is 1. The van der Waals surface area contributed by atoms with Crippen molar-refractivity contribution in [2.75, 3.05) is 6.54 Å². The highest BCUT2D eigenvalue weighted by Crippen LogP contribution is 2.49. The van der Waals surface area contributed by atoms with Gasteiger partial charge in [0.2, 0.25) is 0 Å². The molecule has 4 nitrogen and oxygen atoms in total. The van der Waals surface area contributed by atoms with E-state index in [0.717, 1.165) is 32.2 Å². The fourth-order valence-corrected chi connectivity index (χ4v) is 4.45. The van der Waals surface area contributed by atoms with Crippen molar-refractivity contribution in [3.8, 4) is 0 Å². The van der Waals surface area contributed by atoms with Gasteiger partial charge in [0.05, 0.1) is 0 Å². The lowest BCUT2D eigenvalue weighted by Crippen LogP contribution is -2.64. The number of aliphatic carboxylic acids is 1. The second-order valence-electron chi connectivity index (χ2n) is 6.43. The third kappa shape index (κ3) is 1.28. The highest BCUT2D eigenvalue weighted by atomic mass is 16.4. The van der Waals surface area contributed by atoms with Crippen molar-refractivity contribution in [2.24, 2.45) is 0 Å². The zero-order valence-electron chi connectivity index (χ0n) is 11.1. The van der Waals surface area contributed by atoms with Crippen molar-refractivity contribution in [1.29, 1.82) is 0 Å². The van der Waals surface area contributed by atoms with Crippen LogP contribution in [0.25, 0.3) is 0 Å². The molecule has 0 saturated carbocycles. The lowest BCUT2D eigenvalue weighted by molar-refractivity contribution is -0.144. The molecule has 100 valence electrons. The predicted octanol–water partition coefficient (Wildman–Crippen LogP) is 1.62. The predicted molar refractivity (Wildman–Crippen MR) is 72.7 cm³/mol. The minimum Gasteiger partial charge on any atom is -0.480 e. The molecular weight excluding hydrogens is 240 g/mol. The van der Waals surface area contributed by atoms with Crippen LogP contribution in [-0.2, 0) is 17.6 Å². The summed E-state index contributed by atoms with van der Waals surface area (Å²) in [6, 6.07) is 6.95. The first-order valence-corrected chi connectivity index (χ1v) is 7.07. The van der Waals surface area contributed by atoms with Crippen LogP contribution in [0.1, 0.15) is 30.9 Å². The van der Waals surface area contributed by atoms with Crippen LogP contribution in [0, 0.1) is 0 Å². The molecule has 1 aromatic rings. The molecule has 4 rings (SSSR count). The van der Waals surface area contributed by atoms with E-state index in [0.29, 0.717) is 10.6 Å². The molecule has 3 unspecified atom stereocenters. The number of para-hydroxylation sites is 1. The first-order chi connectivity index (χ1) is 9.05. The zero-order valence-corrected chi connectivity index (χ0v) is 11.1. The third-order valence-corrected chi connectivity index (χ3v) is 5.20. The quantitative estimate of drug-likeness (QED) is 0.753. The van der Waals surface area contributed by atoms with E-state index in [9.17, 15) is 9.90 Å². The van der Waals surface area contributed by atoms with Crippen LogP contribution in [0.15, 0.2) is 18.2 Å². The summed E-state index contributed by atoms with van der Waals surface area (Å²) in [5, 5.41) is 9.50. The van der Waals surface area contributed by atoms with E-state index in [1.165, 1.54) is 16.8 Å². The summed E-state index contributed by atoms with van der Waals surface area (Å²) in [4.78, 5) is 11.6. The largest absolute Gasteiger partial charge is 0.480 e. The Morgan fingerprint density at radius 3 is 3.05 bits per heavy atom. The number of quaternary nitrogens is 1. The maximum atomic E-state index is 11.6. The highest BCUT2D eigenvalue weighted by molar-refractivity contribution is 5.80. The molecule has 3 aliphatic rings. The topological polar surface area (TPSA) is 49.3 Å². The van der Waals surface area contributed by atoms with Crippen molar-refractivity contribution in [3.63, 3.8) is 0 Å². The lowest BCUT2D eigenvalue weighted by atomic mass is 9.94. The van der Waals surface area contributed by atoms with Crippen molar-refractivity contribution >= 4 is 11.7 Å². The molecule has 4 heteroatoms. The third-order valence-electron chi connectivity index (χ3n) is 5.20. The van der Waals surface area contributed by atoms with Gasteiger partial charge in [0.1, 0.15) is 12.6 Å². The molecule has 19 heavy (non-hydrogen) atoms. The number of carboxylic acids is 1. The Morgan fingerprint density at radius 1 is 1.47 bits per heavy atom. The highest BCUT2D eigenvalue weighted by Gasteiger charge is 2.62. The molecule has 0 bridgehead atoms. The molecule has 0 aliphatic carbocycles. The first kappa shape index (κ1) is 11.4. The number of carboxylic acid groups (broad SMARTS) is 1. The second-order valence-corrected chi connectivity index (χ2v) is 6.43. The Hall–Kier alpha value is -1.39.